The summed E-state index contributed by atoms with van der Waals surface area (Å²) in [6.45, 7) is 2.84. The number of nitrogens with zero attached hydrogens (tertiary/aromatic N) is 4. The first-order valence-electron chi connectivity index (χ1n) is 13.6. The number of hydrogen-bond donors (Lipinski definition) is 1. The predicted molar refractivity (Wildman–Crippen MR) is 150 cm³/mol. The normalized spacial score (nSPS) is 22.4. The van der Waals surface area contributed by atoms with E-state index >= 15 is 0 Å². The SMILES string of the molecule is COc1cc2c(cc1OC)C1CC(O)CCC1N=C2c1ccc(C(=O)N2CCN(c3ccccn3)CC2)cc1. The van der Waals surface area contributed by atoms with Crippen LogP contribution < -0.4 is 14.4 Å². The molecule has 1 amide bonds. The van der Waals surface area contributed by atoms with Crippen LogP contribution in [0.5, 0.6) is 11.5 Å². The second-order valence-electron chi connectivity index (χ2n) is 10.5. The Hall–Kier alpha value is -3.91. The summed E-state index contributed by atoms with van der Waals surface area (Å²) in [6, 6.07) is 17.8. The largest absolute Gasteiger partial charge is 0.493 e. The van der Waals surface area contributed by atoms with E-state index in [9.17, 15) is 9.90 Å². The van der Waals surface area contributed by atoms with Crippen LogP contribution in [0.15, 0.2) is 65.8 Å². The van der Waals surface area contributed by atoms with E-state index in [-0.39, 0.29) is 24.0 Å². The lowest BCUT2D eigenvalue weighted by atomic mass is 9.74. The summed E-state index contributed by atoms with van der Waals surface area (Å²) in [7, 11) is 3.27. The van der Waals surface area contributed by atoms with Crippen molar-refractivity contribution >= 4 is 17.4 Å². The van der Waals surface area contributed by atoms with Crippen LogP contribution in [0.4, 0.5) is 5.82 Å². The molecule has 0 bridgehead atoms. The van der Waals surface area contributed by atoms with Crippen LogP contribution in [-0.4, -0.2) is 79.2 Å². The molecule has 2 aliphatic heterocycles. The van der Waals surface area contributed by atoms with Crippen molar-refractivity contribution in [1.82, 2.24) is 9.88 Å². The summed E-state index contributed by atoms with van der Waals surface area (Å²) in [5, 5.41) is 10.4. The van der Waals surface area contributed by atoms with Gasteiger partial charge in [0, 0.05) is 55.0 Å². The zero-order valence-corrected chi connectivity index (χ0v) is 22.4. The van der Waals surface area contributed by atoms with Crippen LogP contribution in [0.25, 0.3) is 0 Å². The Labute approximate surface area is 228 Å². The highest BCUT2D eigenvalue weighted by Gasteiger charge is 2.37. The van der Waals surface area contributed by atoms with Gasteiger partial charge < -0.3 is 24.4 Å². The Bertz CT molecular complexity index is 1370. The van der Waals surface area contributed by atoms with E-state index in [0.717, 1.165) is 54.2 Å². The predicted octanol–water partition coefficient (Wildman–Crippen LogP) is 3.91. The monoisotopic (exact) mass is 526 g/mol. The third kappa shape index (κ3) is 4.85. The average Bonchev–Trinajstić information content (AvgIpc) is 3.00. The number of aromatic nitrogens is 1. The van der Waals surface area contributed by atoms with Crippen LogP contribution in [-0.2, 0) is 0 Å². The molecule has 8 heteroatoms. The van der Waals surface area contributed by atoms with Crippen LogP contribution >= 0.6 is 0 Å². The molecular formula is C31H34N4O4. The molecule has 2 aromatic carbocycles. The van der Waals surface area contributed by atoms with Crippen molar-refractivity contribution in [3.05, 3.63) is 83.0 Å². The minimum Gasteiger partial charge on any atom is -0.493 e. The number of aliphatic imine (C=N–C) groups is 1. The van der Waals surface area contributed by atoms with Gasteiger partial charge in [-0.05, 0) is 61.2 Å². The molecule has 202 valence electrons. The lowest BCUT2D eigenvalue weighted by Gasteiger charge is -2.37. The van der Waals surface area contributed by atoms with E-state index in [0.29, 0.717) is 36.6 Å². The molecule has 3 heterocycles. The van der Waals surface area contributed by atoms with Crippen molar-refractivity contribution in [2.24, 2.45) is 4.99 Å². The van der Waals surface area contributed by atoms with Gasteiger partial charge in [-0.15, -0.1) is 0 Å². The highest BCUT2D eigenvalue weighted by atomic mass is 16.5. The molecule has 1 aromatic heterocycles. The molecule has 1 aliphatic carbocycles. The number of ether oxygens (including phenoxy) is 2. The first-order valence-corrected chi connectivity index (χ1v) is 13.6. The molecule has 6 rings (SSSR count). The zero-order valence-electron chi connectivity index (χ0n) is 22.4. The highest BCUT2D eigenvalue weighted by Crippen LogP contribution is 2.44. The topological polar surface area (TPSA) is 87.5 Å². The van der Waals surface area contributed by atoms with Gasteiger partial charge in [-0.1, -0.05) is 18.2 Å². The molecule has 3 aliphatic rings. The lowest BCUT2D eigenvalue weighted by Crippen LogP contribution is -2.49. The number of benzene rings is 2. The van der Waals surface area contributed by atoms with E-state index in [2.05, 4.69) is 9.88 Å². The van der Waals surface area contributed by atoms with Crippen molar-refractivity contribution < 1.29 is 19.4 Å². The molecule has 0 spiro atoms. The molecule has 1 saturated carbocycles. The second-order valence-corrected chi connectivity index (χ2v) is 10.5. The summed E-state index contributed by atoms with van der Waals surface area (Å²) < 4.78 is 11.2. The Balaban J connectivity index is 1.24. The van der Waals surface area contributed by atoms with Gasteiger partial charge >= 0.3 is 0 Å². The van der Waals surface area contributed by atoms with Gasteiger partial charge in [0.25, 0.3) is 5.91 Å². The number of carbonyl (C=O) groups is 1. The van der Waals surface area contributed by atoms with Crippen LogP contribution in [0.1, 0.15) is 52.2 Å². The van der Waals surface area contributed by atoms with E-state index in [4.69, 9.17) is 14.5 Å². The van der Waals surface area contributed by atoms with E-state index in [1.165, 1.54) is 0 Å². The first kappa shape index (κ1) is 25.4. The Morgan fingerprint density at radius 1 is 0.949 bits per heavy atom. The third-order valence-corrected chi connectivity index (χ3v) is 8.24. The number of piperazine rings is 1. The molecule has 1 N–H and O–H groups in total. The van der Waals surface area contributed by atoms with Crippen molar-refractivity contribution in [3.63, 3.8) is 0 Å². The number of anilines is 1. The standard InChI is InChI=1S/C31H34N4O4/c1-38-27-18-23-24-17-22(36)10-11-26(24)33-30(25(23)19-28(27)39-2)20-6-8-21(9-7-20)31(37)35-15-13-34(14-16-35)29-5-3-4-12-32-29/h3-9,12,18-19,22,24,26,36H,10-11,13-17H2,1-2H3. The molecule has 0 radical (unpaired) electrons. The number of pyridine rings is 1. The van der Waals surface area contributed by atoms with Gasteiger partial charge in [-0.3, -0.25) is 9.79 Å². The number of aliphatic hydroxyl groups is 1. The number of methoxy groups -OCH3 is 2. The van der Waals surface area contributed by atoms with Crippen LogP contribution in [0.3, 0.4) is 0 Å². The highest BCUT2D eigenvalue weighted by molar-refractivity contribution is 6.15. The fourth-order valence-electron chi connectivity index (χ4n) is 6.13. The van der Waals surface area contributed by atoms with Crippen molar-refractivity contribution in [3.8, 4) is 11.5 Å². The van der Waals surface area contributed by atoms with Gasteiger partial charge in [0.2, 0.25) is 0 Å². The molecule has 3 aromatic rings. The summed E-state index contributed by atoms with van der Waals surface area (Å²) >= 11 is 0. The van der Waals surface area contributed by atoms with Gasteiger partial charge in [-0.2, -0.15) is 0 Å². The van der Waals surface area contributed by atoms with Gasteiger partial charge in [0.15, 0.2) is 11.5 Å². The lowest BCUT2D eigenvalue weighted by molar-refractivity contribution is 0.0746. The fraction of sp³-hybridized carbons (Fsp3) is 0.387. The molecule has 2 fully saturated rings. The summed E-state index contributed by atoms with van der Waals surface area (Å²) in [5.41, 5.74) is 4.66. The quantitative estimate of drug-likeness (QED) is 0.543. The van der Waals surface area contributed by atoms with Crippen molar-refractivity contribution in [2.75, 3.05) is 45.3 Å². The van der Waals surface area contributed by atoms with Gasteiger partial charge in [0.05, 0.1) is 32.1 Å². The Morgan fingerprint density at radius 3 is 2.38 bits per heavy atom. The van der Waals surface area contributed by atoms with Crippen molar-refractivity contribution in [1.29, 1.82) is 0 Å². The Morgan fingerprint density at radius 2 is 1.69 bits per heavy atom. The smallest absolute Gasteiger partial charge is 0.253 e. The number of fused-ring (bicyclic) bond motifs is 3. The molecular weight excluding hydrogens is 492 g/mol. The number of amides is 1. The average molecular weight is 527 g/mol. The van der Waals surface area contributed by atoms with E-state index in [1.54, 1.807) is 20.4 Å². The number of rotatable bonds is 5. The fourth-order valence-corrected chi connectivity index (χ4v) is 6.13. The second kappa shape index (κ2) is 10.7. The van der Waals surface area contributed by atoms with Gasteiger partial charge in [0.1, 0.15) is 5.82 Å². The van der Waals surface area contributed by atoms with Gasteiger partial charge in [-0.25, -0.2) is 4.98 Å². The van der Waals surface area contributed by atoms with Crippen LogP contribution in [0.2, 0.25) is 0 Å². The summed E-state index contributed by atoms with van der Waals surface area (Å²) in [4.78, 5) is 27.1. The molecule has 39 heavy (non-hydrogen) atoms. The minimum atomic E-state index is -0.319. The molecule has 3 unspecified atom stereocenters. The molecule has 1 saturated heterocycles. The maximum Gasteiger partial charge on any atom is 0.253 e. The van der Waals surface area contributed by atoms with E-state index in [1.807, 2.05) is 59.5 Å². The number of carbonyl (C=O) groups excluding carboxylic acids is 1. The zero-order chi connectivity index (χ0) is 26.9. The molecule has 3 atom stereocenters. The first-order chi connectivity index (χ1) is 19.1. The number of hydrogen-bond acceptors (Lipinski definition) is 7. The van der Waals surface area contributed by atoms with E-state index < -0.39 is 0 Å². The summed E-state index contributed by atoms with van der Waals surface area (Å²) in [5.74, 6) is 2.46. The maximum absolute atomic E-state index is 13.3. The number of aliphatic hydroxyl groups excluding tert-OH is 1. The molecule has 8 nitrogen and oxygen atoms in total. The van der Waals surface area contributed by atoms with Crippen molar-refractivity contribution in [2.45, 2.75) is 37.3 Å². The van der Waals surface area contributed by atoms with Crippen LogP contribution in [0, 0.1) is 0 Å². The Kier molecular flexibility index (Phi) is 6.95. The minimum absolute atomic E-state index is 0.0425. The maximum atomic E-state index is 13.3. The third-order valence-electron chi connectivity index (χ3n) is 8.24. The summed E-state index contributed by atoms with van der Waals surface area (Å²) in [6.07, 6.45) is 3.75.